The van der Waals surface area contributed by atoms with Gasteiger partial charge in [-0.05, 0) is 13.8 Å². The van der Waals surface area contributed by atoms with E-state index in [0.29, 0.717) is 24.5 Å². The Kier molecular flexibility index (Phi) is 2.77. The highest BCUT2D eigenvalue weighted by Crippen LogP contribution is 2.24. The zero-order valence-electron chi connectivity index (χ0n) is 9.52. The Bertz CT molecular complexity index is 471. The van der Waals surface area contributed by atoms with Gasteiger partial charge in [0.25, 0.3) is 0 Å². The number of rotatable bonds is 3. The molecule has 90 valence electrons. The lowest BCUT2D eigenvalue weighted by atomic mass is 10.2. The lowest BCUT2D eigenvalue weighted by molar-refractivity contribution is 0.273. The second-order valence-electron chi connectivity index (χ2n) is 3.99. The monoisotopic (exact) mass is 245 g/mol. The SMILES string of the molecule is Cc1noc(C)c1S(=O)(=O)N(C)C1CNC1. The molecule has 1 N–H and O–H groups in total. The maximum Gasteiger partial charge on any atom is 0.248 e. The van der Waals surface area contributed by atoms with Crippen LogP contribution in [-0.2, 0) is 10.0 Å². The molecule has 0 bridgehead atoms. The minimum atomic E-state index is -3.48. The van der Waals surface area contributed by atoms with Crippen LogP contribution in [0.1, 0.15) is 11.5 Å². The van der Waals surface area contributed by atoms with Gasteiger partial charge in [-0.1, -0.05) is 5.16 Å². The summed E-state index contributed by atoms with van der Waals surface area (Å²) >= 11 is 0. The summed E-state index contributed by atoms with van der Waals surface area (Å²) in [7, 11) is -1.89. The predicted octanol–water partition coefficient (Wildman–Crippen LogP) is -0.116. The van der Waals surface area contributed by atoms with E-state index in [-0.39, 0.29) is 10.9 Å². The van der Waals surface area contributed by atoms with Crippen LogP contribution in [0.5, 0.6) is 0 Å². The minimum absolute atomic E-state index is 0.0266. The van der Waals surface area contributed by atoms with Crippen molar-refractivity contribution in [3.8, 4) is 0 Å². The summed E-state index contributed by atoms with van der Waals surface area (Å²) in [5.41, 5.74) is 0.414. The van der Waals surface area contributed by atoms with E-state index in [9.17, 15) is 8.42 Å². The summed E-state index contributed by atoms with van der Waals surface area (Å²) in [5.74, 6) is 0.344. The van der Waals surface area contributed by atoms with Gasteiger partial charge in [0.1, 0.15) is 10.6 Å². The van der Waals surface area contributed by atoms with Crippen LogP contribution in [-0.4, -0.2) is 44.1 Å². The third kappa shape index (κ3) is 1.64. The molecule has 7 heteroatoms. The molecule has 0 spiro atoms. The van der Waals surface area contributed by atoms with Crippen LogP contribution < -0.4 is 5.32 Å². The van der Waals surface area contributed by atoms with E-state index in [2.05, 4.69) is 10.5 Å². The van der Waals surface area contributed by atoms with Crippen molar-refractivity contribution in [3.63, 3.8) is 0 Å². The van der Waals surface area contributed by atoms with Gasteiger partial charge in [-0.25, -0.2) is 8.42 Å². The number of likely N-dealkylation sites (N-methyl/N-ethyl adjacent to an activating group) is 1. The van der Waals surface area contributed by atoms with E-state index in [1.165, 1.54) is 4.31 Å². The molecule has 0 amide bonds. The lowest BCUT2D eigenvalue weighted by Gasteiger charge is -2.34. The molecule has 2 rings (SSSR count). The zero-order chi connectivity index (χ0) is 11.9. The number of hydrogen-bond donors (Lipinski definition) is 1. The number of aromatic nitrogens is 1. The summed E-state index contributed by atoms with van der Waals surface area (Å²) in [6.45, 7) is 4.63. The normalized spacial score (nSPS) is 17.8. The van der Waals surface area contributed by atoms with E-state index < -0.39 is 10.0 Å². The molecule has 1 aromatic heterocycles. The molecule has 0 atom stereocenters. The van der Waals surface area contributed by atoms with Crippen LogP contribution in [0.3, 0.4) is 0 Å². The van der Waals surface area contributed by atoms with E-state index in [0.717, 1.165) is 0 Å². The summed E-state index contributed by atoms with van der Waals surface area (Å²) in [6.07, 6.45) is 0. The second-order valence-corrected chi connectivity index (χ2v) is 5.92. The first-order chi connectivity index (χ1) is 7.44. The zero-order valence-corrected chi connectivity index (χ0v) is 10.3. The van der Waals surface area contributed by atoms with Crippen LogP contribution in [0, 0.1) is 13.8 Å². The molecular weight excluding hydrogens is 230 g/mol. The maximum atomic E-state index is 12.3. The fourth-order valence-electron chi connectivity index (χ4n) is 1.71. The summed E-state index contributed by atoms with van der Waals surface area (Å²) < 4.78 is 30.8. The highest BCUT2D eigenvalue weighted by molar-refractivity contribution is 7.89. The molecule has 0 unspecified atom stereocenters. The Balaban J connectivity index is 2.38. The number of hydrogen-bond acceptors (Lipinski definition) is 5. The smallest absolute Gasteiger partial charge is 0.248 e. The van der Waals surface area contributed by atoms with E-state index in [1.54, 1.807) is 20.9 Å². The Hall–Kier alpha value is -0.920. The Labute approximate surface area is 94.7 Å². The molecule has 2 heterocycles. The van der Waals surface area contributed by atoms with Gasteiger partial charge in [0.2, 0.25) is 10.0 Å². The molecule has 1 aromatic rings. The van der Waals surface area contributed by atoms with Gasteiger partial charge < -0.3 is 9.84 Å². The quantitative estimate of drug-likeness (QED) is 0.803. The van der Waals surface area contributed by atoms with Crippen molar-refractivity contribution in [1.29, 1.82) is 0 Å². The number of aryl methyl sites for hydroxylation is 2. The first-order valence-corrected chi connectivity index (χ1v) is 6.50. The van der Waals surface area contributed by atoms with Gasteiger partial charge in [-0.15, -0.1) is 0 Å². The van der Waals surface area contributed by atoms with Crippen molar-refractivity contribution < 1.29 is 12.9 Å². The molecule has 0 saturated carbocycles. The molecule has 6 nitrogen and oxygen atoms in total. The van der Waals surface area contributed by atoms with Crippen LogP contribution in [0.15, 0.2) is 9.42 Å². The Morgan fingerprint density at radius 2 is 2.06 bits per heavy atom. The fraction of sp³-hybridized carbons (Fsp3) is 0.667. The van der Waals surface area contributed by atoms with Crippen molar-refractivity contribution in [1.82, 2.24) is 14.8 Å². The number of nitrogens with zero attached hydrogens (tertiary/aromatic N) is 2. The van der Waals surface area contributed by atoms with Crippen molar-refractivity contribution in [2.75, 3.05) is 20.1 Å². The van der Waals surface area contributed by atoms with Gasteiger partial charge in [0.05, 0.1) is 0 Å². The molecule has 0 radical (unpaired) electrons. The van der Waals surface area contributed by atoms with Crippen LogP contribution in [0.4, 0.5) is 0 Å². The van der Waals surface area contributed by atoms with Crippen LogP contribution in [0.25, 0.3) is 0 Å². The average molecular weight is 245 g/mol. The Morgan fingerprint density at radius 3 is 2.44 bits per heavy atom. The highest BCUT2D eigenvalue weighted by atomic mass is 32.2. The van der Waals surface area contributed by atoms with Crippen molar-refractivity contribution in [2.24, 2.45) is 0 Å². The fourth-order valence-corrected chi connectivity index (χ4v) is 3.35. The molecule has 1 saturated heterocycles. The van der Waals surface area contributed by atoms with Crippen molar-refractivity contribution in [2.45, 2.75) is 24.8 Å². The second kappa shape index (κ2) is 3.83. The molecule has 0 aromatic carbocycles. The van der Waals surface area contributed by atoms with Crippen molar-refractivity contribution >= 4 is 10.0 Å². The first-order valence-electron chi connectivity index (χ1n) is 5.06. The topological polar surface area (TPSA) is 75.4 Å². The van der Waals surface area contributed by atoms with E-state index in [4.69, 9.17) is 4.52 Å². The molecule has 1 aliphatic rings. The molecule has 16 heavy (non-hydrogen) atoms. The standard InChI is InChI=1S/C9H15N3O3S/c1-6-9(7(2)15-11-6)16(13,14)12(3)8-4-10-5-8/h8,10H,4-5H2,1-3H3. The Morgan fingerprint density at radius 1 is 1.44 bits per heavy atom. The summed E-state index contributed by atoms with van der Waals surface area (Å²) in [4.78, 5) is 0.196. The molecule has 1 fully saturated rings. The lowest BCUT2D eigenvalue weighted by Crippen LogP contribution is -2.57. The van der Waals surface area contributed by atoms with E-state index in [1.807, 2.05) is 0 Å². The summed E-state index contributed by atoms with van der Waals surface area (Å²) in [5, 5.41) is 6.72. The van der Waals surface area contributed by atoms with Crippen molar-refractivity contribution in [3.05, 3.63) is 11.5 Å². The highest BCUT2D eigenvalue weighted by Gasteiger charge is 2.35. The van der Waals surface area contributed by atoms with Gasteiger partial charge in [0, 0.05) is 26.2 Å². The summed E-state index contributed by atoms with van der Waals surface area (Å²) in [6, 6.07) is 0.0266. The molecule has 0 aliphatic carbocycles. The maximum absolute atomic E-state index is 12.3. The van der Waals surface area contributed by atoms with Crippen LogP contribution >= 0.6 is 0 Å². The van der Waals surface area contributed by atoms with Gasteiger partial charge in [-0.2, -0.15) is 4.31 Å². The molecular formula is C9H15N3O3S. The number of sulfonamides is 1. The predicted molar refractivity (Wildman–Crippen MR) is 57.6 cm³/mol. The largest absolute Gasteiger partial charge is 0.360 e. The van der Waals surface area contributed by atoms with Gasteiger partial charge in [-0.3, -0.25) is 0 Å². The van der Waals surface area contributed by atoms with Crippen LogP contribution in [0.2, 0.25) is 0 Å². The third-order valence-corrected chi connectivity index (χ3v) is 5.03. The number of nitrogens with one attached hydrogen (secondary N) is 1. The average Bonchev–Trinajstić information content (AvgIpc) is 2.43. The van der Waals surface area contributed by atoms with Gasteiger partial charge >= 0.3 is 0 Å². The minimum Gasteiger partial charge on any atom is -0.360 e. The third-order valence-electron chi connectivity index (χ3n) is 2.88. The molecule has 1 aliphatic heterocycles. The van der Waals surface area contributed by atoms with Gasteiger partial charge in [0.15, 0.2) is 5.76 Å². The first kappa shape index (κ1) is 11.6. The van der Waals surface area contributed by atoms with E-state index >= 15 is 0 Å².